The van der Waals surface area contributed by atoms with Crippen LogP contribution in [0.25, 0.3) is 0 Å². The Morgan fingerprint density at radius 1 is 1.57 bits per heavy atom. The van der Waals surface area contributed by atoms with Crippen molar-refractivity contribution < 1.29 is 4.79 Å². The SMILES string of the molecule is Cc1nccn1C(=O)Cc1cscn1. The summed E-state index contributed by atoms with van der Waals surface area (Å²) in [5, 5.41) is 1.88. The zero-order chi connectivity index (χ0) is 9.97. The molecular weight excluding hydrogens is 198 g/mol. The van der Waals surface area contributed by atoms with Gasteiger partial charge in [0, 0.05) is 17.8 Å². The second kappa shape index (κ2) is 3.71. The summed E-state index contributed by atoms with van der Waals surface area (Å²) in [5.74, 6) is 0.719. The van der Waals surface area contributed by atoms with E-state index in [4.69, 9.17) is 0 Å². The highest BCUT2D eigenvalue weighted by atomic mass is 32.1. The van der Waals surface area contributed by atoms with Gasteiger partial charge in [0.05, 0.1) is 17.6 Å². The molecule has 5 heteroatoms. The molecule has 0 aliphatic heterocycles. The zero-order valence-electron chi connectivity index (χ0n) is 7.67. The molecule has 0 unspecified atom stereocenters. The predicted molar refractivity (Wildman–Crippen MR) is 53.4 cm³/mol. The third kappa shape index (κ3) is 1.72. The molecule has 14 heavy (non-hydrogen) atoms. The van der Waals surface area contributed by atoms with Crippen LogP contribution in [0.3, 0.4) is 0 Å². The number of nitrogens with zero attached hydrogens (tertiary/aromatic N) is 3. The minimum atomic E-state index is 0.00546. The van der Waals surface area contributed by atoms with E-state index in [0.29, 0.717) is 12.2 Å². The van der Waals surface area contributed by atoms with E-state index in [1.165, 1.54) is 11.3 Å². The summed E-state index contributed by atoms with van der Waals surface area (Å²) >= 11 is 1.49. The van der Waals surface area contributed by atoms with Crippen molar-refractivity contribution >= 4 is 17.2 Å². The summed E-state index contributed by atoms with van der Waals surface area (Å²) in [4.78, 5) is 19.7. The second-order valence-corrected chi connectivity index (χ2v) is 3.61. The van der Waals surface area contributed by atoms with Gasteiger partial charge >= 0.3 is 0 Å². The lowest BCUT2D eigenvalue weighted by Gasteiger charge is -2.00. The molecule has 0 atom stereocenters. The first-order valence-corrected chi connectivity index (χ1v) is 5.12. The van der Waals surface area contributed by atoms with Gasteiger partial charge in [-0.25, -0.2) is 9.97 Å². The van der Waals surface area contributed by atoms with Gasteiger partial charge in [0.2, 0.25) is 5.91 Å². The summed E-state index contributed by atoms with van der Waals surface area (Å²) in [5.41, 5.74) is 2.54. The fourth-order valence-electron chi connectivity index (χ4n) is 1.21. The molecule has 2 aromatic heterocycles. The number of hydrogen-bond donors (Lipinski definition) is 0. The van der Waals surface area contributed by atoms with Gasteiger partial charge in [-0.2, -0.15) is 0 Å². The molecule has 2 rings (SSSR count). The van der Waals surface area contributed by atoms with Crippen LogP contribution >= 0.6 is 11.3 Å². The van der Waals surface area contributed by atoms with E-state index in [1.807, 2.05) is 5.38 Å². The Labute approximate surface area is 85.2 Å². The number of thiazole rings is 1. The van der Waals surface area contributed by atoms with Crippen LogP contribution in [-0.4, -0.2) is 20.4 Å². The molecule has 0 bridgehead atoms. The fourth-order valence-corrected chi connectivity index (χ4v) is 1.76. The van der Waals surface area contributed by atoms with E-state index >= 15 is 0 Å². The summed E-state index contributed by atoms with van der Waals surface area (Å²) in [6, 6.07) is 0. The van der Waals surface area contributed by atoms with Crippen LogP contribution in [-0.2, 0) is 6.42 Å². The largest absolute Gasteiger partial charge is 0.274 e. The molecular formula is C9H9N3OS. The maximum Gasteiger partial charge on any atom is 0.238 e. The summed E-state index contributed by atoms with van der Waals surface area (Å²) in [7, 11) is 0. The van der Waals surface area contributed by atoms with Gasteiger partial charge in [0.15, 0.2) is 0 Å². The lowest BCUT2D eigenvalue weighted by Crippen LogP contribution is -2.14. The van der Waals surface area contributed by atoms with Crippen molar-refractivity contribution in [1.82, 2.24) is 14.5 Å². The number of aromatic nitrogens is 3. The molecule has 72 valence electrons. The number of carbonyl (C=O) groups is 1. The summed E-state index contributed by atoms with van der Waals surface area (Å²) < 4.78 is 1.54. The Morgan fingerprint density at radius 3 is 3.00 bits per heavy atom. The molecule has 0 aliphatic carbocycles. The Balaban J connectivity index is 2.14. The number of aryl methyl sites for hydroxylation is 1. The highest BCUT2D eigenvalue weighted by Gasteiger charge is 2.09. The lowest BCUT2D eigenvalue weighted by molar-refractivity contribution is 0.0911. The summed E-state index contributed by atoms with van der Waals surface area (Å²) in [6.45, 7) is 1.80. The Kier molecular flexibility index (Phi) is 2.41. The number of rotatable bonds is 2. The van der Waals surface area contributed by atoms with E-state index in [2.05, 4.69) is 9.97 Å². The first-order valence-electron chi connectivity index (χ1n) is 4.17. The van der Waals surface area contributed by atoms with Gasteiger partial charge in [-0.15, -0.1) is 11.3 Å². The molecule has 0 saturated heterocycles. The second-order valence-electron chi connectivity index (χ2n) is 2.89. The topological polar surface area (TPSA) is 47.8 Å². The van der Waals surface area contributed by atoms with Crippen LogP contribution < -0.4 is 0 Å². The van der Waals surface area contributed by atoms with E-state index in [0.717, 1.165) is 5.69 Å². The average Bonchev–Trinajstić information content (AvgIpc) is 2.75. The van der Waals surface area contributed by atoms with Gasteiger partial charge < -0.3 is 0 Å². The lowest BCUT2D eigenvalue weighted by atomic mass is 10.3. The van der Waals surface area contributed by atoms with Crippen LogP contribution in [0.1, 0.15) is 16.3 Å². The zero-order valence-corrected chi connectivity index (χ0v) is 8.49. The van der Waals surface area contributed by atoms with Crippen molar-refractivity contribution in [3.05, 3.63) is 34.8 Å². The van der Waals surface area contributed by atoms with E-state index in [-0.39, 0.29) is 5.91 Å². The van der Waals surface area contributed by atoms with Gasteiger partial charge in [0.25, 0.3) is 0 Å². The van der Waals surface area contributed by atoms with Crippen LogP contribution in [0.15, 0.2) is 23.3 Å². The van der Waals surface area contributed by atoms with Crippen molar-refractivity contribution in [1.29, 1.82) is 0 Å². The minimum absolute atomic E-state index is 0.00546. The fraction of sp³-hybridized carbons (Fsp3) is 0.222. The van der Waals surface area contributed by atoms with Crippen LogP contribution in [0.5, 0.6) is 0 Å². The Bertz CT molecular complexity index is 433. The van der Waals surface area contributed by atoms with Crippen molar-refractivity contribution in [3.8, 4) is 0 Å². The Hall–Kier alpha value is -1.49. The van der Waals surface area contributed by atoms with E-state index < -0.39 is 0 Å². The Morgan fingerprint density at radius 2 is 2.43 bits per heavy atom. The van der Waals surface area contributed by atoms with Crippen molar-refractivity contribution in [2.45, 2.75) is 13.3 Å². The third-order valence-corrected chi connectivity index (χ3v) is 2.55. The number of imidazole rings is 1. The first-order chi connectivity index (χ1) is 6.77. The van der Waals surface area contributed by atoms with Crippen molar-refractivity contribution in [2.24, 2.45) is 0 Å². The monoisotopic (exact) mass is 207 g/mol. The van der Waals surface area contributed by atoms with E-state index in [9.17, 15) is 4.79 Å². The van der Waals surface area contributed by atoms with Gasteiger partial charge in [0.1, 0.15) is 5.82 Å². The maximum atomic E-state index is 11.7. The molecule has 0 saturated carbocycles. The predicted octanol–water partition coefficient (Wildman–Crippen LogP) is 1.53. The third-order valence-electron chi connectivity index (χ3n) is 1.91. The molecule has 0 aliphatic rings. The molecule has 0 radical (unpaired) electrons. The normalized spacial score (nSPS) is 10.4. The van der Waals surface area contributed by atoms with Crippen LogP contribution in [0.2, 0.25) is 0 Å². The first kappa shape index (κ1) is 9.08. The highest BCUT2D eigenvalue weighted by Crippen LogP contribution is 2.04. The van der Waals surface area contributed by atoms with Gasteiger partial charge in [-0.3, -0.25) is 9.36 Å². The standard InChI is InChI=1S/C9H9N3OS/c1-7-10-2-3-12(7)9(13)4-8-5-14-6-11-8/h2-3,5-6H,4H2,1H3. The number of carbonyl (C=O) groups excluding carboxylic acids is 1. The number of hydrogen-bond acceptors (Lipinski definition) is 4. The van der Waals surface area contributed by atoms with Crippen LogP contribution in [0.4, 0.5) is 0 Å². The molecule has 0 amide bonds. The van der Waals surface area contributed by atoms with Gasteiger partial charge in [-0.05, 0) is 6.92 Å². The van der Waals surface area contributed by atoms with Crippen LogP contribution in [0, 0.1) is 6.92 Å². The molecule has 0 spiro atoms. The molecule has 0 N–H and O–H groups in total. The molecule has 0 fully saturated rings. The molecule has 4 nitrogen and oxygen atoms in total. The molecule has 2 heterocycles. The van der Waals surface area contributed by atoms with Gasteiger partial charge in [-0.1, -0.05) is 0 Å². The smallest absolute Gasteiger partial charge is 0.238 e. The van der Waals surface area contributed by atoms with Crippen molar-refractivity contribution in [2.75, 3.05) is 0 Å². The summed E-state index contributed by atoms with van der Waals surface area (Å²) in [6.07, 6.45) is 3.62. The van der Waals surface area contributed by atoms with Crippen molar-refractivity contribution in [3.63, 3.8) is 0 Å². The molecule has 0 aromatic carbocycles. The average molecular weight is 207 g/mol. The maximum absolute atomic E-state index is 11.7. The minimum Gasteiger partial charge on any atom is -0.274 e. The van der Waals surface area contributed by atoms with E-state index in [1.54, 1.807) is 29.4 Å². The highest BCUT2D eigenvalue weighted by molar-refractivity contribution is 7.07. The molecule has 2 aromatic rings. The quantitative estimate of drug-likeness (QED) is 0.750.